The van der Waals surface area contributed by atoms with E-state index in [9.17, 15) is 0 Å². The van der Waals surface area contributed by atoms with Gasteiger partial charge in [-0.2, -0.15) is 0 Å². The quantitative estimate of drug-likeness (QED) is 0.821. The maximum Gasteiger partial charge on any atom is 0.0419 e. The molecular formula is C13H20N2. The van der Waals surface area contributed by atoms with E-state index in [0.29, 0.717) is 6.04 Å². The highest BCUT2D eigenvalue weighted by Crippen LogP contribution is 2.27. The van der Waals surface area contributed by atoms with E-state index in [1.807, 2.05) is 6.20 Å². The lowest BCUT2D eigenvalue weighted by Gasteiger charge is -2.18. The average molecular weight is 204 g/mol. The molecule has 1 aromatic rings. The summed E-state index contributed by atoms with van der Waals surface area (Å²) >= 11 is 0. The predicted octanol–water partition coefficient (Wildman–Crippen LogP) is 2.45. The van der Waals surface area contributed by atoms with Gasteiger partial charge in [-0.25, -0.2) is 0 Å². The van der Waals surface area contributed by atoms with Gasteiger partial charge in [0.25, 0.3) is 0 Å². The standard InChI is InChI=1S/C13H20N2/c1-10-6-7-12(15-9-10)8-13(14)11-4-2-3-5-11/h6-7,9,11,13H,2-5,8,14H2,1H3. The van der Waals surface area contributed by atoms with Gasteiger partial charge in [0.05, 0.1) is 0 Å². The average Bonchev–Trinajstić information content (AvgIpc) is 2.74. The molecule has 0 bridgehead atoms. The summed E-state index contributed by atoms with van der Waals surface area (Å²) in [7, 11) is 0. The second-order valence-electron chi connectivity index (χ2n) is 4.74. The van der Waals surface area contributed by atoms with E-state index >= 15 is 0 Å². The fourth-order valence-electron chi connectivity index (χ4n) is 2.41. The lowest BCUT2D eigenvalue weighted by Crippen LogP contribution is -2.30. The van der Waals surface area contributed by atoms with Crippen molar-refractivity contribution in [2.24, 2.45) is 11.7 Å². The summed E-state index contributed by atoms with van der Waals surface area (Å²) < 4.78 is 0. The summed E-state index contributed by atoms with van der Waals surface area (Å²) in [5.74, 6) is 0.730. The van der Waals surface area contributed by atoms with Crippen LogP contribution in [0.25, 0.3) is 0 Å². The minimum absolute atomic E-state index is 0.308. The Morgan fingerprint density at radius 1 is 1.40 bits per heavy atom. The molecule has 1 fully saturated rings. The van der Waals surface area contributed by atoms with Crippen LogP contribution in [0.4, 0.5) is 0 Å². The highest BCUT2D eigenvalue weighted by Gasteiger charge is 2.22. The fourth-order valence-corrected chi connectivity index (χ4v) is 2.41. The molecule has 15 heavy (non-hydrogen) atoms. The van der Waals surface area contributed by atoms with Gasteiger partial charge in [-0.3, -0.25) is 4.98 Å². The molecule has 0 aromatic carbocycles. The third-order valence-corrected chi connectivity index (χ3v) is 3.42. The Balaban J connectivity index is 1.92. The molecule has 1 saturated carbocycles. The van der Waals surface area contributed by atoms with Crippen LogP contribution in [-0.2, 0) is 6.42 Å². The molecule has 1 aliphatic carbocycles. The molecule has 2 rings (SSSR count). The molecule has 1 heterocycles. The summed E-state index contributed by atoms with van der Waals surface area (Å²) in [6, 6.07) is 4.52. The molecule has 0 amide bonds. The molecule has 1 atom stereocenters. The molecule has 0 spiro atoms. The summed E-state index contributed by atoms with van der Waals surface area (Å²) in [5.41, 5.74) is 8.56. The van der Waals surface area contributed by atoms with Gasteiger partial charge in [-0.15, -0.1) is 0 Å². The Bertz CT molecular complexity index is 299. The van der Waals surface area contributed by atoms with Gasteiger partial charge in [-0.1, -0.05) is 18.9 Å². The van der Waals surface area contributed by atoms with Crippen LogP contribution in [-0.4, -0.2) is 11.0 Å². The first-order valence-electron chi connectivity index (χ1n) is 5.93. The number of pyridine rings is 1. The minimum Gasteiger partial charge on any atom is -0.327 e. The van der Waals surface area contributed by atoms with E-state index in [-0.39, 0.29) is 0 Å². The Kier molecular flexibility index (Phi) is 3.37. The number of aromatic nitrogens is 1. The third-order valence-electron chi connectivity index (χ3n) is 3.42. The zero-order valence-electron chi connectivity index (χ0n) is 9.45. The zero-order chi connectivity index (χ0) is 10.7. The Morgan fingerprint density at radius 2 is 2.13 bits per heavy atom. The lowest BCUT2D eigenvalue weighted by molar-refractivity contribution is 0.426. The molecule has 1 aliphatic rings. The lowest BCUT2D eigenvalue weighted by atomic mass is 9.95. The Morgan fingerprint density at radius 3 is 2.73 bits per heavy atom. The van der Waals surface area contributed by atoms with Gasteiger partial charge in [0, 0.05) is 24.4 Å². The van der Waals surface area contributed by atoms with Crippen LogP contribution in [0, 0.1) is 12.8 Å². The molecule has 1 unspecified atom stereocenters. The van der Waals surface area contributed by atoms with E-state index in [0.717, 1.165) is 18.0 Å². The van der Waals surface area contributed by atoms with Crippen molar-refractivity contribution >= 4 is 0 Å². The SMILES string of the molecule is Cc1ccc(CC(N)C2CCCC2)nc1. The number of aryl methyl sites for hydroxylation is 1. The first-order chi connectivity index (χ1) is 7.25. The van der Waals surface area contributed by atoms with Crippen molar-refractivity contribution in [3.63, 3.8) is 0 Å². The molecule has 82 valence electrons. The van der Waals surface area contributed by atoms with Crippen molar-refractivity contribution < 1.29 is 0 Å². The minimum atomic E-state index is 0.308. The van der Waals surface area contributed by atoms with E-state index in [4.69, 9.17) is 5.73 Å². The number of hydrogen-bond acceptors (Lipinski definition) is 2. The summed E-state index contributed by atoms with van der Waals surface area (Å²) in [4.78, 5) is 4.41. The third kappa shape index (κ3) is 2.78. The van der Waals surface area contributed by atoms with E-state index < -0.39 is 0 Å². The first-order valence-corrected chi connectivity index (χ1v) is 5.93. The molecule has 0 saturated heterocycles. The van der Waals surface area contributed by atoms with Crippen molar-refractivity contribution in [1.29, 1.82) is 0 Å². The van der Waals surface area contributed by atoms with Crippen LogP contribution in [0.15, 0.2) is 18.3 Å². The second-order valence-corrected chi connectivity index (χ2v) is 4.74. The molecular weight excluding hydrogens is 184 g/mol. The van der Waals surface area contributed by atoms with Crippen LogP contribution < -0.4 is 5.73 Å². The van der Waals surface area contributed by atoms with Crippen LogP contribution in [0.3, 0.4) is 0 Å². The van der Waals surface area contributed by atoms with Crippen LogP contribution in [0.5, 0.6) is 0 Å². The van der Waals surface area contributed by atoms with Crippen molar-refractivity contribution in [3.8, 4) is 0 Å². The van der Waals surface area contributed by atoms with Gasteiger partial charge in [-0.05, 0) is 37.3 Å². The molecule has 2 heteroatoms. The van der Waals surface area contributed by atoms with E-state index in [2.05, 4.69) is 24.0 Å². The van der Waals surface area contributed by atoms with Gasteiger partial charge in [0.2, 0.25) is 0 Å². The smallest absolute Gasteiger partial charge is 0.0419 e. The fraction of sp³-hybridized carbons (Fsp3) is 0.615. The Labute approximate surface area is 91.9 Å². The van der Waals surface area contributed by atoms with Gasteiger partial charge in [0.1, 0.15) is 0 Å². The topological polar surface area (TPSA) is 38.9 Å². The summed E-state index contributed by atoms with van der Waals surface area (Å²) in [6.07, 6.45) is 8.21. The molecule has 2 nitrogen and oxygen atoms in total. The van der Waals surface area contributed by atoms with Crippen LogP contribution in [0.1, 0.15) is 36.9 Å². The van der Waals surface area contributed by atoms with Crippen molar-refractivity contribution in [3.05, 3.63) is 29.6 Å². The predicted molar refractivity (Wildman–Crippen MR) is 62.6 cm³/mol. The van der Waals surface area contributed by atoms with Gasteiger partial charge < -0.3 is 5.73 Å². The highest BCUT2D eigenvalue weighted by molar-refractivity contribution is 5.13. The Hall–Kier alpha value is -0.890. The van der Waals surface area contributed by atoms with E-state index in [1.165, 1.54) is 31.2 Å². The molecule has 1 aromatic heterocycles. The maximum absolute atomic E-state index is 6.21. The van der Waals surface area contributed by atoms with Gasteiger partial charge in [0.15, 0.2) is 0 Å². The van der Waals surface area contributed by atoms with Crippen molar-refractivity contribution in [1.82, 2.24) is 4.98 Å². The number of nitrogens with two attached hydrogens (primary N) is 1. The number of hydrogen-bond donors (Lipinski definition) is 1. The van der Waals surface area contributed by atoms with Crippen molar-refractivity contribution in [2.75, 3.05) is 0 Å². The maximum atomic E-state index is 6.21. The molecule has 2 N–H and O–H groups in total. The van der Waals surface area contributed by atoms with Crippen LogP contribution >= 0.6 is 0 Å². The zero-order valence-corrected chi connectivity index (χ0v) is 9.45. The summed E-state index contributed by atoms with van der Waals surface area (Å²) in [5, 5.41) is 0. The van der Waals surface area contributed by atoms with Crippen LogP contribution in [0.2, 0.25) is 0 Å². The van der Waals surface area contributed by atoms with Crippen molar-refractivity contribution in [2.45, 2.75) is 45.1 Å². The largest absolute Gasteiger partial charge is 0.327 e. The number of rotatable bonds is 3. The second kappa shape index (κ2) is 4.75. The normalized spacial score (nSPS) is 19.3. The number of nitrogens with zero attached hydrogens (tertiary/aromatic N) is 1. The van der Waals surface area contributed by atoms with E-state index in [1.54, 1.807) is 0 Å². The summed E-state index contributed by atoms with van der Waals surface area (Å²) in [6.45, 7) is 2.06. The first kappa shape index (κ1) is 10.6. The monoisotopic (exact) mass is 204 g/mol. The highest BCUT2D eigenvalue weighted by atomic mass is 14.7. The molecule has 0 aliphatic heterocycles. The van der Waals surface area contributed by atoms with Gasteiger partial charge >= 0.3 is 0 Å². The molecule has 0 radical (unpaired) electrons.